The fourth-order valence-corrected chi connectivity index (χ4v) is 2.03. The van der Waals surface area contributed by atoms with Gasteiger partial charge in [0.05, 0.1) is 6.10 Å². The van der Waals surface area contributed by atoms with Crippen LogP contribution in [-0.2, 0) is 4.79 Å². The third-order valence-electron chi connectivity index (χ3n) is 2.84. The van der Waals surface area contributed by atoms with E-state index in [0.717, 1.165) is 19.3 Å². The van der Waals surface area contributed by atoms with Crippen molar-refractivity contribution >= 4 is 5.91 Å². The molecule has 0 saturated carbocycles. The predicted molar refractivity (Wildman–Crippen MR) is 65.0 cm³/mol. The van der Waals surface area contributed by atoms with Gasteiger partial charge in [0, 0.05) is 13.0 Å². The molecular formula is C13H23NO2. The number of rotatable bonds is 6. The molecule has 1 amide bonds. The van der Waals surface area contributed by atoms with E-state index in [9.17, 15) is 9.90 Å². The van der Waals surface area contributed by atoms with E-state index < -0.39 is 6.10 Å². The Bertz CT molecular complexity index is 248. The Balaban J connectivity index is 2.12. The van der Waals surface area contributed by atoms with Crippen LogP contribution in [0.4, 0.5) is 0 Å². The zero-order chi connectivity index (χ0) is 12.0. The standard InChI is InChI=1S/C13H23NO2/c1-10(2)7-12(15)9-14-13(16)8-11-5-3-4-6-11/h3,5,10-12,15H,4,6-9H2,1-2H3,(H,14,16)/t11-,12-/m0/s1. The van der Waals surface area contributed by atoms with Gasteiger partial charge in [-0.05, 0) is 31.1 Å². The van der Waals surface area contributed by atoms with Gasteiger partial charge < -0.3 is 10.4 Å². The highest BCUT2D eigenvalue weighted by molar-refractivity contribution is 5.76. The lowest BCUT2D eigenvalue weighted by atomic mass is 10.0. The monoisotopic (exact) mass is 225 g/mol. The molecule has 2 atom stereocenters. The van der Waals surface area contributed by atoms with Crippen LogP contribution in [0.15, 0.2) is 12.2 Å². The molecule has 2 N–H and O–H groups in total. The average Bonchev–Trinajstić information content (AvgIpc) is 2.66. The molecule has 0 radical (unpaired) electrons. The second kappa shape index (κ2) is 6.69. The average molecular weight is 225 g/mol. The van der Waals surface area contributed by atoms with E-state index >= 15 is 0 Å². The number of hydrogen-bond acceptors (Lipinski definition) is 2. The molecule has 1 aliphatic carbocycles. The Hall–Kier alpha value is -0.830. The molecule has 1 rings (SSSR count). The molecule has 0 saturated heterocycles. The molecule has 92 valence electrons. The summed E-state index contributed by atoms with van der Waals surface area (Å²) in [6.07, 6.45) is 7.31. The topological polar surface area (TPSA) is 49.3 Å². The number of aliphatic hydroxyl groups excluding tert-OH is 1. The molecule has 3 heteroatoms. The first-order valence-electron chi connectivity index (χ1n) is 6.19. The quantitative estimate of drug-likeness (QED) is 0.678. The summed E-state index contributed by atoms with van der Waals surface area (Å²) in [6.45, 7) is 4.51. The lowest BCUT2D eigenvalue weighted by molar-refractivity contribution is -0.122. The molecule has 0 heterocycles. The zero-order valence-electron chi connectivity index (χ0n) is 10.3. The van der Waals surface area contributed by atoms with Crippen LogP contribution >= 0.6 is 0 Å². The number of aliphatic hydroxyl groups is 1. The fourth-order valence-electron chi connectivity index (χ4n) is 2.03. The maximum Gasteiger partial charge on any atom is 0.220 e. The lowest BCUT2D eigenvalue weighted by Crippen LogP contribution is -2.33. The molecule has 0 aromatic carbocycles. The maximum absolute atomic E-state index is 11.5. The van der Waals surface area contributed by atoms with Crippen LogP contribution in [0.2, 0.25) is 0 Å². The molecule has 16 heavy (non-hydrogen) atoms. The highest BCUT2D eigenvalue weighted by Gasteiger charge is 2.14. The minimum Gasteiger partial charge on any atom is -0.391 e. The van der Waals surface area contributed by atoms with E-state index in [4.69, 9.17) is 0 Å². The Kier molecular flexibility index (Phi) is 5.53. The van der Waals surface area contributed by atoms with Gasteiger partial charge in [-0.25, -0.2) is 0 Å². The number of hydrogen-bond donors (Lipinski definition) is 2. The summed E-state index contributed by atoms with van der Waals surface area (Å²) < 4.78 is 0. The normalized spacial score (nSPS) is 21.4. The smallest absolute Gasteiger partial charge is 0.220 e. The van der Waals surface area contributed by atoms with Crippen molar-refractivity contribution in [3.8, 4) is 0 Å². The van der Waals surface area contributed by atoms with Crippen molar-refractivity contribution in [3.05, 3.63) is 12.2 Å². The van der Waals surface area contributed by atoms with Gasteiger partial charge in [0.25, 0.3) is 0 Å². The van der Waals surface area contributed by atoms with E-state index in [0.29, 0.717) is 24.8 Å². The second-order valence-corrected chi connectivity index (χ2v) is 5.06. The highest BCUT2D eigenvalue weighted by Crippen LogP contribution is 2.19. The molecule has 3 nitrogen and oxygen atoms in total. The summed E-state index contributed by atoms with van der Waals surface area (Å²) in [5.41, 5.74) is 0. The van der Waals surface area contributed by atoms with Crippen molar-refractivity contribution in [1.29, 1.82) is 0 Å². The fraction of sp³-hybridized carbons (Fsp3) is 0.769. The largest absolute Gasteiger partial charge is 0.391 e. The number of nitrogens with one attached hydrogen (secondary N) is 1. The van der Waals surface area contributed by atoms with E-state index in [1.165, 1.54) is 0 Å². The first-order valence-corrected chi connectivity index (χ1v) is 6.19. The Morgan fingerprint density at radius 3 is 2.88 bits per heavy atom. The predicted octanol–water partition coefficient (Wildman–Crippen LogP) is 1.87. The SMILES string of the molecule is CC(C)C[C@H](O)CNC(=O)C[C@H]1C=CCC1. The summed E-state index contributed by atoms with van der Waals surface area (Å²) in [6, 6.07) is 0. The van der Waals surface area contributed by atoms with Gasteiger partial charge in [0.2, 0.25) is 5.91 Å². The highest BCUT2D eigenvalue weighted by atomic mass is 16.3. The van der Waals surface area contributed by atoms with E-state index in [1.54, 1.807) is 0 Å². The van der Waals surface area contributed by atoms with Gasteiger partial charge in [0.15, 0.2) is 0 Å². The molecule has 0 fully saturated rings. The number of amides is 1. The van der Waals surface area contributed by atoms with Gasteiger partial charge in [0.1, 0.15) is 0 Å². The molecule has 0 aliphatic heterocycles. The Morgan fingerprint density at radius 2 is 2.31 bits per heavy atom. The molecule has 0 aromatic rings. The summed E-state index contributed by atoms with van der Waals surface area (Å²) in [7, 11) is 0. The Labute approximate surface area is 97.9 Å². The van der Waals surface area contributed by atoms with Crippen LogP contribution < -0.4 is 5.32 Å². The van der Waals surface area contributed by atoms with Crippen LogP contribution in [0.25, 0.3) is 0 Å². The molecule has 0 bridgehead atoms. The van der Waals surface area contributed by atoms with Crippen LogP contribution in [0.5, 0.6) is 0 Å². The van der Waals surface area contributed by atoms with Crippen molar-refractivity contribution in [3.63, 3.8) is 0 Å². The maximum atomic E-state index is 11.5. The number of carbonyl (C=O) groups is 1. The minimum absolute atomic E-state index is 0.0550. The molecular weight excluding hydrogens is 202 g/mol. The molecule has 0 spiro atoms. The number of allylic oxidation sites excluding steroid dienone is 2. The van der Waals surface area contributed by atoms with Crippen LogP contribution in [-0.4, -0.2) is 23.7 Å². The first kappa shape index (κ1) is 13.2. The minimum atomic E-state index is -0.414. The van der Waals surface area contributed by atoms with Crippen molar-refractivity contribution in [2.24, 2.45) is 11.8 Å². The van der Waals surface area contributed by atoms with E-state index in [1.807, 2.05) is 0 Å². The van der Waals surface area contributed by atoms with Gasteiger partial charge >= 0.3 is 0 Å². The van der Waals surface area contributed by atoms with Gasteiger partial charge in [-0.15, -0.1) is 0 Å². The number of carbonyl (C=O) groups excluding carboxylic acids is 1. The lowest BCUT2D eigenvalue weighted by Gasteiger charge is -2.14. The van der Waals surface area contributed by atoms with Crippen molar-refractivity contribution < 1.29 is 9.90 Å². The first-order chi connectivity index (χ1) is 7.58. The zero-order valence-corrected chi connectivity index (χ0v) is 10.3. The summed E-state index contributed by atoms with van der Waals surface area (Å²) in [5, 5.41) is 12.4. The van der Waals surface area contributed by atoms with E-state index in [2.05, 4.69) is 31.3 Å². The molecule has 0 unspecified atom stereocenters. The van der Waals surface area contributed by atoms with Gasteiger partial charge in [-0.3, -0.25) is 4.79 Å². The van der Waals surface area contributed by atoms with Crippen LogP contribution in [0.3, 0.4) is 0 Å². The summed E-state index contributed by atoms with van der Waals surface area (Å²) in [4.78, 5) is 11.5. The third-order valence-corrected chi connectivity index (χ3v) is 2.84. The molecule has 0 aromatic heterocycles. The molecule has 1 aliphatic rings. The summed E-state index contributed by atoms with van der Waals surface area (Å²) in [5.74, 6) is 0.922. The van der Waals surface area contributed by atoms with Crippen molar-refractivity contribution in [1.82, 2.24) is 5.32 Å². The van der Waals surface area contributed by atoms with Gasteiger partial charge in [-0.1, -0.05) is 26.0 Å². The van der Waals surface area contributed by atoms with Crippen molar-refractivity contribution in [2.45, 2.75) is 45.6 Å². The van der Waals surface area contributed by atoms with E-state index in [-0.39, 0.29) is 5.91 Å². The van der Waals surface area contributed by atoms with Crippen LogP contribution in [0, 0.1) is 11.8 Å². The van der Waals surface area contributed by atoms with Gasteiger partial charge in [-0.2, -0.15) is 0 Å². The van der Waals surface area contributed by atoms with Crippen molar-refractivity contribution in [2.75, 3.05) is 6.54 Å². The van der Waals surface area contributed by atoms with Crippen LogP contribution in [0.1, 0.15) is 39.5 Å². The third kappa shape index (κ3) is 5.31. The second-order valence-electron chi connectivity index (χ2n) is 5.06. The Morgan fingerprint density at radius 1 is 1.56 bits per heavy atom. The summed E-state index contributed by atoms with van der Waals surface area (Å²) >= 11 is 0.